The summed E-state index contributed by atoms with van der Waals surface area (Å²) in [6, 6.07) is 17.8. The number of anilines is 2. The molecule has 3 aromatic rings. The zero-order valence-corrected chi connectivity index (χ0v) is 18.6. The average Bonchev–Trinajstić information content (AvgIpc) is 3.39. The Kier molecular flexibility index (Phi) is 6.84. The molecule has 2 atom stereocenters. The molecule has 0 aliphatic heterocycles. The predicted octanol–water partition coefficient (Wildman–Crippen LogP) is 5.07. The fraction of sp³-hybridized carbons (Fsp3) is 0.333. The Labute approximate surface area is 186 Å². The van der Waals surface area contributed by atoms with Gasteiger partial charge in [0.25, 0.3) is 5.91 Å². The lowest BCUT2D eigenvalue weighted by atomic mass is 10.2. The SMILES string of the molecule is COc1ccccc1Nc1nc(C)c(C(=O)N[C@@H]2CCC[C@H]2OCc2ccccc2)s1. The molecule has 0 unspecified atom stereocenters. The lowest BCUT2D eigenvalue weighted by Crippen LogP contribution is -2.41. The highest BCUT2D eigenvalue weighted by atomic mass is 32.1. The highest BCUT2D eigenvalue weighted by Gasteiger charge is 2.30. The second kappa shape index (κ2) is 9.94. The van der Waals surface area contributed by atoms with E-state index in [2.05, 4.69) is 27.8 Å². The minimum absolute atomic E-state index is 0.0170. The zero-order chi connectivity index (χ0) is 21.6. The molecule has 31 heavy (non-hydrogen) atoms. The molecule has 7 heteroatoms. The number of rotatable bonds is 8. The van der Waals surface area contributed by atoms with E-state index in [0.29, 0.717) is 22.3 Å². The van der Waals surface area contributed by atoms with Gasteiger partial charge in [-0.05, 0) is 43.9 Å². The number of hydrogen-bond acceptors (Lipinski definition) is 6. The maximum Gasteiger partial charge on any atom is 0.263 e. The van der Waals surface area contributed by atoms with E-state index in [1.54, 1.807) is 7.11 Å². The number of hydrogen-bond donors (Lipinski definition) is 2. The van der Waals surface area contributed by atoms with Gasteiger partial charge in [0.2, 0.25) is 0 Å². The van der Waals surface area contributed by atoms with Crippen LogP contribution in [0.4, 0.5) is 10.8 Å². The Morgan fingerprint density at radius 2 is 1.90 bits per heavy atom. The molecular formula is C24H27N3O3S. The Morgan fingerprint density at radius 3 is 2.71 bits per heavy atom. The molecule has 0 saturated heterocycles. The van der Waals surface area contributed by atoms with Gasteiger partial charge in [-0.3, -0.25) is 4.79 Å². The number of benzene rings is 2. The number of aromatic nitrogens is 1. The quantitative estimate of drug-likeness (QED) is 0.515. The Morgan fingerprint density at radius 1 is 1.13 bits per heavy atom. The lowest BCUT2D eigenvalue weighted by molar-refractivity contribution is 0.0272. The second-order valence-corrected chi connectivity index (χ2v) is 8.60. The molecule has 6 nitrogen and oxygen atoms in total. The van der Waals surface area contributed by atoms with E-state index in [4.69, 9.17) is 9.47 Å². The molecule has 4 rings (SSSR count). The van der Waals surface area contributed by atoms with Gasteiger partial charge in [0.15, 0.2) is 5.13 Å². The molecule has 0 spiro atoms. The normalized spacial score (nSPS) is 18.0. The van der Waals surface area contributed by atoms with E-state index >= 15 is 0 Å². The van der Waals surface area contributed by atoms with Crippen LogP contribution in [0.5, 0.6) is 5.75 Å². The van der Waals surface area contributed by atoms with Crippen molar-refractivity contribution in [3.63, 3.8) is 0 Å². The van der Waals surface area contributed by atoms with Crippen molar-refractivity contribution < 1.29 is 14.3 Å². The Bertz CT molecular complexity index is 1020. The first kappa shape index (κ1) is 21.3. The fourth-order valence-corrected chi connectivity index (χ4v) is 4.71. The standard InChI is InChI=1S/C24H27N3O3S/c1-16-22(31-24(25-16)27-18-11-6-7-13-20(18)29-2)23(28)26-19-12-8-14-21(19)30-15-17-9-4-3-5-10-17/h3-7,9-11,13,19,21H,8,12,14-15H2,1-2H3,(H,25,27)(H,26,28)/t19-,21-/m1/s1. The van der Waals surface area contributed by atoms with Crippen molar-refractivity contribution in [2.45, 2.75) is 44.9 Å². The van der Waals surface area contributed by atoms with Crippen molar-refractivity contribution in [2.24, 2.45) is 0 Å². The molecule has 1 saturated carbocycles. The van der Waals surface area contributed by atoms with Crippen molar-refractivity contribution in [2.75, 3.05) is 12.4 Å². The van der Waals surface area contributed by atoms with Crippen molar-refractivity contribution >= 4 is 28.1 Å². The molecule has 0 radical (unpaired) electrons. The van der Waals surface area contributed by atoms with Gasteiger partial charge in [-0.15, -0.1) is 0 Å². The topological polar surface area (TPSA) is 72.5 Å². The molecule has 1 aromatic heterocycles. The molecule has 1 aliphatic carbocycles. The van der Waals surface area contributed by atoms with Crippen LogP contribution in [0.1, 0.15) is 40.2 Å². The molecular weight excluding hydrogens is 410 g/mol. The first-order chi connectivity index (χ1) is 15.1. The van der Waals surface area contributed by atoms with Crippen LogP contribution in [0.3, 0.4) is 0 Å². The third kappa shape index (κ3) is 5.24. The number of amides is 1. The van der Waals surface area contributed by atoms with Crippen LogP contribution < -0.4 is 15.4 Å². The van der Waals surface area contributed by atoms with Gasteiger partial charge in [-0.2, -0.15) is 0 Å². The third-order valence-electron chi connectivity index (χ3n) is 5.43. The highest BCUT2D eigenvalue weighted by molar-refractivity contribution is 7.17. The summed E-state index contributed by atoms with van der Waals surface area (Å²) in [5, 5.41) is 7.10. The fourth-order valence-electron chi connectivity index (χ4n) is 3.83. The van der Waals surface area contributed by atoms with Gasteiger partial charge in [0.05, 0.1) is 37.2 Å². The third-order valence-corrected chi connectivity index (χ3v) is 6.50. The minimum Gasteiger partial charge on any atom is -0.495 e. The van der Waals surface area contributed by atoms with Crippen LogP contribution in [0.2, 0.25) is 0 Å². The van der Waals surface area contributed by atoms with Crippen molar-refractivity contribution in [1.29, 1.82) is 0 Å². The first-order valence-corrected chi connectivity index (χ1v) is 11.3. The van der Waals surface area contributed by atoms with E-state index in [-0.39, 0.29) is 18.1 Å². The van der Waals surface area contributed by atoms with E-state index in [9.17, 15) is 4.79 Å². The maximum absolute atomic E-state index is 13.0. The van der Waals surface area contributed by atoms with E-state index in [0.717, 1.165) is 36.3 Å². The van der Waals surface area contributed by atoms with Crippen LogP contribution in [-0.2, 0) is 11.3 Å². The predicted molar refractivity (Wildman–Crippen MR) is 123 cm³/mol. The smallest absolute Gasteiger partial charge is 0.263 e. The van der Waals surface area contributed by atoms with Crippen molar-refractivity contribution in [1.82, 2.24) is 10.3 Å². The summed E-state index contributed by atoms with van der Waals surface area (Å²) in [7, 11) is 1.63. The number of ether oxygens (including phenoxy) is 2. The highest BCUT2D eigenvalue weighted by Crippen LogP contribution is 2.31. The maximum atomic E-state index is 13.0. The Hall–Kier alpha value is -2.90. The summed E-state index contributed by atoms with van der Waals surface area (Å²) in [4.78, 5) is 18.1. The minimum atomic E-state index is -0.0942. The average molecular weight is 438 g/mol. The number of methoxy groups -OCH3 is 1. The summed E-state index contributed by atoms with van der Waals surface area (Å²) in [5.74, 6) is 0.633. The van der Waals surface area contributed by atoms with E-state index < -0.39 is 0 Å². The van der Waals surface area contributed by atoms with Gasteiger partial charge in [-0.1, -0.05) is 53.8 Å². The number of aryl methyl sites for hydroxylation is 1. The molecule has 1 fully saturated rings. The monoisotopic (exact) mass is 437 g/mol. The van der Waals surface area contributed by atoms with Crippen LogP contribution in [0.25, 0.3) is 0 Å². The molecule has 162 valence electrons. The largest absolute Gasteiger partial charge is 0.495 e. The number of thiazole rings is 1. The summed E-state index contributed by atoms with van der Waals surface area (Å²) in [6.07, 6.45) is 2.96. The Balaban J connectivity index is 1.39. The summed E-state index contributed by atoms with van der Waals surface area (Å²) in [5.41, 5.74) is 2.67. The number of carbonyl (C=O) groups is 1. The van der Waals surface area contributed by atoms with Crippen LogP contribution in [0, 0.1) is 6.92 Å². The van der Waals surface area contributed by atoms with Crippen LogP contribution in [-0.4, -0.2) is 30.1 Å². The summed E-state index contributed by atoms with van der Waals surface area (Å²) < 4.78 is 11.5. The number of nitrogens with one attached hydrogen (secondary N) is 2. The van der Waals surface area contributed by atoms with Gasteiger partial charge >= 0.3 is 0 Å². The summed E-state index contributed by atoms with van der Waals surface area (Å²) >= 11 is 1.35. The molecule has 1 aliphatic rings. The van der Waals surface area contributed by atoms with Gasteiger partial charge in [0.1, 0.15) is 10.6 Å². The van der Waals surface area contributed by atoms with Crippen molar-refractivity contribution in [3.8, 4) is 5.75 Å². The lowest BCUT2D eigenvalue weighted by Gasteiger charge is -2.21. The molecule has 1 amide bonds. The second-order valence-electron chi connectivity index (χ2n) is 7.60. The zero-order valence-electron chi connectivity index (χ0n) is 17.8. The molecule has 1 heterocycles. The molecule has 2 aromatic carbocycles. The van der Waals surface area contributed by atoms with Gasteiger partial charge < -0.3 is 20.1 Å². The van der Waals surface area contributed by atoms with E-state index in [1.165, 1.54) is 11.3 Å². The molecule has 2 N–H and O–H groups in total. The number of nitrogens with zero attached hydrogens (tertiary/aromatic N) is 1. The number of carbonyl (C=O) groups excluding carboxylic acids is 1. The van der Waals surface area contributed by atoms with Crippen LogP contribution >= 0.6 is 11.3 Å². The van der Waals surface area contributed by atoms with E-state index in [1.807, 2.05) is 49.4 Å². The summed E-state index contributed by atoms with van der Waals surface area (Å²) in [6.45, 7) is 2.42. The van der Waals surface area contributed by atoms with Crippen molar-refractivity contribution in [3.05, 3.63) is 70.7 Å². The van der Waals surface area contributed by atoms with Gasteiger partial charge in [-0.25, -0.2) is 4.98 Å². The number of para-hydroxylation sites is 2. The first-order valence-electron chi connectivity index (χ1n) is 10.5. The molecule has 0 bridgehead atoms. The van der Waals surface area contributed by atoms with Crippen LogP contribution in [0.15, 0.2) is 54.6 Å². The van der Waals surface area contributed by atoms with Gasteiger partial charge in [0, 0.05) is 0 Å².